The lowest BCUT2D eigenvalue weighted by molar-refractivity contribution is -0.139. The molecular weight excluding hydrogens is 324 g/mol. The van der Waals surface area contributed by atoms with Crippen LogP contribution in [-0.2, 0) is 12.4 Å². The molecule has 2 nitrogen and oxygen atoms in total. The summed E-state index contributed by atoms with van der Waals surface area (Å²) in [5, 5.41) is 8.65. The van der Waals surface area contributed by atoms with Gasteiger partial charge < -0.3 is 4.74 Å². The molecule has 2 rings (SSSR count). The van der Waals surface area contributed by atoms with Gasteiger partial charge in [-0.3, -0.25) is 0 Å². The van der Waals surface area contributed by atoms with Crippen molar-refractivity contribution in [2.24, 2.45) is 0 Å². The normalized spacial score (nSPS) is 11.9. The second-order valence-electron chi connectivity index (χ2n) is 4.42. The maximum Gasteiger partial charge on any atom is 0.420 e. The average molecular weight is 331 g/mol. The lowest BCUT2D eigenvalue weighted by Crippen LogP contribution is -2.10. The number of rotatable bonds is 2. The number of hydrogen-bond acceptors (Lipinski definition) is 2. The fraction of sp³-hybridized carbons (Fsp3) is 0.133. The van der Waals surface area contributed by atoms with Gasteiger partial charge in [0, 0.05) is 0 Å². The Labute approximate surface area is 126 Å². The summed E-state index contributed by atoms with van der Waals surface area (Å²) in [5.41, 5.74) is -2.81. The molecule has 0 fully saturated rings. The van der Waals surface area contributed by atoms with E-state index in [4.69, 9.17) is 10.00 Å². The van der Waals surface area contributed by atoms with Gasteiger partial charge in [-0.2, -0.15) is 31.6 Å². The Morgan fingerprint density at radius 3 is 1.91 bits per heavy atom. The Kier molecular flexibility index (Phi) is 4.23. The summed E-state index contributed by atoms with van der Waals surface area (Å²) in [6, 6.07) is 7.82. The number of hydrogen-bond donors (Lipinski definition) is 0. The highest BCUT2D eigenvalue weighted by Crippen LogP contribution is 2.42. The molecule has 0 heterocycles. The van der Waals surface area contributed by atoms with Gasteiger partial charge in [0.25, 0.3) is 0 Å². The molecule has 0 saturated heterocycles. The van der Waals surface area contributed by atoms with Crippen LogP contribution in [0.5, 0.6) is 11.5 Å². The van der Waals surface area contributed by atoms with Gasteiger partial charge in [0.05, 0.1) is 22.8 Å². The molecule has 0 aromatic heterocycles. The van der Waals surface area contributed by atoms with Crippen LogP contribution in [0.4, 0.5) is 26.3 Å². The first-order valence-electron chi connectivity index (χ1n) is 6.08. The van der Waals surface area contributed by atoms with Gasteiger partial charge in [0.2, 0.25) is 0 Å². The molecule has 0 aliphatic rings. The molecule has 23 heavy (non-hydrogen) atoms. The van der Waals surface area contributed by atoms with Crippen molar-refractivity contribution < 1.29 is 31.1 Å². The zero-order valence-corrected chi connectivity index (χ0v) is 11.2. The Balaban J connectivity index is 2.52. The molecule has 120 valence electrons. The van der Waals surface area contributed by atoms with Crippen LogP contribution in [0.15, 0.2) is 42.5 Å². The molecule has 8 heteroatoms. The Morgan fingerprint density at radius 2 is 1.35 bits per heavy atom. The lowest BCUT2D eigenvalue weighted by Gasteiger charge is -2.17. The minimum absolute atomic E-state index is 0.284. The van der Waals surface area contributed by atoms with E-state index in [1.807, 2.05) is 0 Å². The predicted molar refractivity (Wildman–Crippen MR) is 67.7 cm³/mol. The quantitative estimate of drug-likeness (QED) is 0.691. The number of benzene rings is 2. The smallest absolute Gasteiger partial charge is 0.420 e. The van der Waals surface area contributed by atoms with Crippen LogP contribution in [0.25, 0.3) is 0 Å². The maximum atomic E-state index is 13.0. The summed E-state index contributed by atoms with van der Waals surface area (Å²) in [6.07, 6.45) is -9.66. The van der Waals surface area contributed by atoms with Gasteiger partial charge in [-0.05, 0) is 30.3 Å². The molecule has 0 amide bonds. The van der Waals surface area contributed by atoms with Gasteiger partial charge in [-0.15, -0.1) is 0 Å². The SMILES string of the molecule is N#Cc1ccc(Oc2ccccc2C(F)(F)F)c(C(F)(F)F)c1. The van der Waals surface area contributed by atoms with Crippen LogP contribution in [0.2, 0.25) is 0 Å². The monoisotopic (exact) mass is 331 g/mol. The molecule has 2 aromatic rings. The molecule has 0 atom stereocenters. The summed E-state index contributed by atoms with van der Waals surface area (Å²) in [4.78, 5) is 0. The van der Waals surface area contributed by atoms with Crippen LogP contribution in [-0.4, -0.2) is 0 Å². The zero-order valence-electron chi connectivity index (χ0n) is 11.2. The van der Waals surface area contributed by atoms with E-state index in [0.29, 0.717) is 12.1 Å². The first-order chi connectivity index (χ1) is 10.6. The molecular formula is C15H7F6NO. The van der Waals surface area contributed by atoms with E-state index < -0.39 is 35.0 Å². The van der Waals surface area contributed by atoms with E-state index in [1.165, 1.54) is 12.1 Å². The van der Waals surface area contributed by atoms with Crippen molar-refractivity contribution in [2.75, 3.05) is 0 Å². The van der Waals surface area contributed by atoms with Crippen LogP contribution in [0, 0.1) is 11.3 Å². The predicted octanol–water partition coefficient (Wildman–Crippen LogP) is 5.39. The zero-order chi connectivity index (χ0) is 17.3. The first-order valence-corrected chi connectivity index (χ1v) is 6.08. The number of alkyl halides is 6. The van der Waals surface area contributed by atoms with Crippen molar-refractivity contribution in [1.82, 2.24) is 0 Å². The maximum absolute atomic E-state index is 13.0. The third-order valence-corrected chi connectivity index (χ3v) is 2.83. The van der Waals surface area contributed by atoms with Crippen LogP contribution < -0.4 is 4.74 Å². The van der Waals surface area contributed by atoms with Crippen molar-refractivity contribution in [2.45, 2.75) is 12.4 Å². The Bertz CT molecular complexity index is 758. The molecule has 2 aromatic carbocycles. The van der Waals surface area contributed by atoms with E-state index in [-0.39, 0.29) is 5.56 Å². The Hall–Kier alpha value is -2.69. The molecule has 0 aliphatic carbocycles. The van der Waals surface area contributed by atoms with E-state index >= 15 is 0 Å². The van der Waals surface area contributed by atoms with Gasteiger partial charge in [-0.25, -0.2) is 0 Å². The topological polar surface area (TPSA) is 33.0 Å². The van der Waals surface area contributed by atoms with Crippen LogP contribution >= 0.6 is 0 Å². The summed E-state index contributed by atoms with van der Waals surface area (Å²) < 4.78 is 82.4. The van der Waals surface area contributed by atoms with E-state index in [1.54, 1.807) is 0 Å². The molecule has 0 spiro atoms. The van der Waals surface area contributed by atoms with Gasteiger partial charge >= 0.3 is 12.4 Å². The summed E-state index contributed by atoms with van der Waals surface area (Å²) in [7, 11) is 0. The summed E-state index contributed by atoms with van der Waals surface area (Å²) >= 11 is 0. The standard InChI is InChI=1S/C15H7F6NO/c16-14(17,18)10-3-1-2-4-12(10)23-13-6-5-9(8-22)7-11(13)15(19,20)21/h1-7H. The molecule has 0 N–H and O–H groups in total. The third-order valence-electron chi connectivity index (χ3n) is 2.83. The number of para-hydroxylation sites is 1. The number of halogens is 6. The molecule has 0 aliphatic heterocycles. The minimum atomic E-state index is -4.88. The van der Waals surface area contributed by atoms with Crippen LogP contribution in [0.1, 0.15) is 16.7 Å². The second-order valence-corrected chi connectivity index (χ2v) is 4.42. The number of ether oxygens (including phenoxy) is 1. The number of nitriles is 1. The largest absolute Gasteiger partial charge is 0.456 e. The van der Waals surface area contributed by atoms with Gasteiger partial charge in [-0.1, -0.05) is 12.1 Å². The molecule has 0 saturated carbocycles. The molecule has 0 radical (unpaired) electrons. The van der Waals surface area contributed by atoms with E-state index in [2.05, 4.69) is 0 Å². The molecule has 0 unspecified atom stereocenters. The fourth-order valence-electron chi connectivity index (χ4n) is 1.82. The molecule has 0 bridgehead atoms. The van der Waals surface area contributed by atoms with Crippen molar-refractivity contribution >= 4 is 0 Å². The van der Waals surface area contributed by atoms with Crippen molar-refractivity contribution in [1.29, 1.82) is 5.26 Å². The highest BCUT2D eigenvalue weighted by atomic mass is 19.4. The summed E-state index contributed by atoms with van der Waals surface area (Å²) in [6.45, 7) is 0. The van der Waals surface area contributed by atoms with E-state index in [9.17, 15) is 26.3 Å². The van der Waals surface area contributed by atoms with E-state index in [0.717, 1.165) is 24.3 Å². The van der Waals surface area contributed by atoms with Crippen molar-refractivity contribution in [3.63, 3.8) is 0 Å². The lowest BCUT2D eigenvalue weighted by atomic mass is 10.1. The Morgan fingerprint density at radius 1 is 0.783 bits per heavy atom. The highest BCUT2D eigenvalue weighted by molar-refractivity contribution is 5.47. The third kappa shape index (κ3) is 3.74. The first kappa shape index (κ1) is 16.7. The minimum Gasteiger partial charge on any atom is -0.456 e. The van der Waals surface area contributed by atoms with Crippen LogP contribution in [0.3, 0.4) is 0 Å². The summed E-state index contributed by atoms with van der Waals surface area (Å²) in [5.74, 6) is -1.57. The van der Waals surface area contributed by atoms with Crippen molar-refractivity contribution in [3.8, 4) is 17.6 Å². The van der Waals surface area contributed by atoms with Gasteiger partial charge in [0.15, 0.2) is 0 Å². The van der Waals surface area contributed by atoms with Crippen molar-refractivity contribution in [3.05, 3.63) is 59.2 Å². The second kappa shape index (κ2) is 5.83. The fourth-order valence-corrected chi connectivity index (χ4v) is 1.82. The highest BCUT2D eigenvalue weighted by Gasteiger charge is 2.37. The number of nitrogens with zero attached hydrogens (tertiary/aromatic N) is 1. The average Bonchev–Trinajstić information content (AvgIpc) is 2.46. The van der Waals surface area contributed by atoms with Gasteiger partial charge in [0.1, 0.15) is 11.5 Å².